The van der Waals surface area contributed by atoms with Crippen molar-refractivity contribution in [2.75, 3.05) is 12.4 Å². The Bertz CT molecular complexity index is 852. The molecule has 0 radical (unpaired) electrons. The number of fused-ring (bicyclic) bond motifs is 2. The van der Waals surface area contributed by atoms with E-state index in [1.165, 1.54) is 17.9 Å². The van der Waals surface area contributed by atoms with Crippen LogP contribution in [0.5, 0.6) is 11.5 Å². The van der Waals surface area contributed by atoms with E-state index in [0.29, 0.717) is 23.7 Å². The van der Waals surface area contributed by atoms with Gasteiger partial charge in [-0.1, -0.05) is 19.1 Å². The Balaban J connectivity index is 1.72. The van der Waals surface area contributed by atoms with Gasteiger partial charge in [-0.2, -0.15) is 4.98 Å². The highest BCUT2D eigenvalue weighted by atomic mass is 16.6. The lowest BCUT2D eigenvalue weighted by Crippen LogP contribution is -2.37. The molecule has 1 saturated heterocycles. The van der Waals surface area contributed by atoms with E-state index in [4.69, 9.17) is 14.2 Å². The Kier molecular flexibility index (Phi) is 3.95. The third-order valence-corrected chi connectivity index (χ3v) is 4.54. The molecule has 0 spiro atoms. The number of aliphatic hydroxyl groups excluding tert-OH is 1. The molecule has 2 aliphatic rings. The predicted octanol–water partition coefficient (Wildman–Crippen LogP) is 1.78. The van der Waals surface area contributed by atoms with Gasteiger partial charge in [0, 0.05) is 7.11 Å². The molecule has 8 nitrogen and oxygen atoms in total. The minimum Gasteiger partial charge on any atom is -0.450 e. The van der Waals surface area contributed by atoms with Crippen LogP contribution in [0.4, 0.5) is 11.5 Å². The van der Waals surface area contributed by atoms with Crippen molar-refractivity contribution in [1.82, 2.24) is 9.55 Å². The molecule has 1 aromatic carbocycles. The summed E-state index contributed by atoms with van der Waals surface area (Å²) in [6.07, 6.45) is -0.506. The number of rotatable bonds is 3. The van der Waals surface area contributed by atoms with E-state index in [9.17, 15) is 9.90 Å². The summed E-state index contributed by atoms with van der Waals surface area (Å²) in [6, 6.07) is 7.39. The third-order valence-electron chi connectivity index (χ3n) is 4.54. The SMILES string of the molecule is CC[C@H]1O[C@@H](n2cc3c(nc2=O)Nc2ccccc2O3)[C@@H](OC)C1O. The lowest BCUT2D eigenvalue weighted by atomic mass is 10.1. The number of para-hydroxylation sites is 2. The van der Waals surface area contributed by atoms with Crippen molar-refractivity contribution in [3.63, 3.8) is 0 Å². The summed E-state index contributed by atoms with van der Waals surface area (Å²) in [5.74, 6) is 1.40. The van der Waals surface area contributed by atoms with Crippen LogP contribution in [0.15, 0.2) is 35.3 Å². The number of anilines is 2. The van der Waals surface area contributed by atoms with Crippen LogP contribution in [0, 0.1) is 0 Å². The Morgan fingerprint density at radius 3 is 2.92 bits per heavy atom. The van der Waals surface area contributed by atoms with E-state index in [1.807, 2.05) is 31.2 Å². The molecule has 0 aliphatic carbocycles. The van der Waals surface area contributed by atoms with Crippen LogP contribution < -0.4 is 15.7 Å². The molecule has 2 aliphatic heterocycles. The average Bonchev–Trinajstić information content (AvgIpc) is 2.95. The van der Waals surface area contributed by atoms with Gasteiger partial charge in [0.05, 0.1) is 18.0 Å². The number of ether oxygens (including phenoxy) is 3. The highest BCUT2D eigenvalue weighted by molar-refractivity contribution is 5.72. The number of hydrogen-bond acceptors (Lipinski definition) is 7. The van der Waals surface area contributed by atoms with Crippen molar-refractivity contribution in [1.29, 1.82) is 0 Å². The molecule has 4 rings (SSSR count). The number of nitrogens with one attached hydrogen (secondary N) is 1. The Morgan fingerprint density at radius 1 is 1.36 bits per heavy atom. The Hall–Kier alpha value is -2.42. The quantitative estimate of drug-likeness (QED) is 0.747. The molecule has 3 heterocycles. The fraction of sp³-hybridized carbons (Fsp3) is 0.412. The maximum absolute atomic E-state index is 12.5. The summed E-state index contributed by atoms with van der Waals surface area (Å²) in [4.78, 5) is 16.5. The summed E-state index contributed by atoms with van der Waals surface area (Å²) in [7, 11) is 1.48. The Labute approximate surface area is 144 Å². The number of aromatic nitrogens is 2. The lowest BCUT2D eigenvalue weighted by molar-refractivity contribution is -0.0543. The standard InChI is InChI=1S/C17H19N3O5/c1-3-10-13(21)14(23-2)16(25-10)20-8-12-15(19-17(20)22)18-9-6-4-5-7-11(9)24-12/h4-8,10,13-14,16,21H,3H2,1-2H3,(H,18,19,22)/t10-,13?,14+,16-/m1/s1. The molecule has 1 fully saturated rings. The van der Waals surface area contributed by atoms with Gasteiger partial charge >= 0.3 is 5.69 Å². The summed E-state index contributed by atoms with van der Waals surface area (Å²) < 4.78 is 18.3. The summed E-state index contributed by atoms with van der Waals surface area (Å²) in [5, 5.41) is 13.4. The molecule has 0 saturated carbocycles. The number of methoxy groups -OCH3 is 1. The molecule has 0 amide bonds. The molecule has 0 bridgehead atoms. The summed E-state index contributed by atoms with van der Waals surface area (Å²) in [6.45, 7) is 1.90. The molecule has 2 N–H and O–H groups in total. The van der Waals surface area contributed by atoms with Gasteiger partial charge in [-0.15, -0.1) is 0 Å². The highest BCUT2D eigenvalue weighted by Gasteiger charge is 2.44. The summed E-state index contributed by atoms with van der Waals surface area (Å²) >= 11 is 0. The van der Waals surface area contributed by atoms with Crippen molar-refractivity contribution in [3.05, 3.63) is 40.9 Å². The van der Waals surface area contributed by atoms with Crippen LogP contribution in [0.3, 0.4) is 0 Å². The summed E-state index contributed by atoms with van der Waals surface area (Å²) in [5.41, 5.74) is 0.234. The normalized spacial score (nSPS) is 27.2. The highest BCUT2D eigenvalue weighted by Crippen LogP contribution is 2.40. The van der Waals surface area contributed by atoms with Crippen molar-refractivity contribution in [2.45, 2.75) is 37.9 Å². The molecule has 4 atom stereocenters. The van der Waals surface area contributed by atoms with Gasteiger partial charge in [-0.3, -0.25) is 4.57 Å². The molecule has 1 aromatic heterocycles. The first-order valence-corrected chi connectivity index (χ1v) is 8.15. The van der Waals surface area contributed by atoms with E-state index in [2.05, 4.69) is 10.3 Å². The molecule has 25 heavy (non-hydrogen) atoms. The molecule has 1 unspecified atom stereocenters. The van der Waals surface area contributed by atoms with E-state index in [1.54, 1.807) is 0 Å². The van der Waals surface area contributed by atoms with Gasteiger partial charge in [-0.05, 0) is 18.6 Å². The fourth-order valence-electron chi connectivity index (χ4n) is 3.24. The molecule has 8 heteroatoms. The van der Waals surface area contributed by atoms with Crippen molar-refractivity contribution in [2.24, 2.45) is 0 Å². The van der Waals surface area contributed by atoms with Crippen molar-refractivity contribution in [3.8, 4) is 11.5 Å². The van der Waals surface area contributed by atoms with Gasteiger partial charge in [-0.25, -0.2) is 4.79 Å². The number of aliphatic hydroxyl groups is 1. The van der Waals surface area contributed by atoms with Gasteiger partial charge in [0.1, 0.15) is 12.2 Å². The van der Waals surface area contributed by atoms with Crippen molar-refractivity contribution >= 4 is 11.5 Å². The average molecular weight is 345 g/mol. The van der Waals surface area contributed by atoms with Crippen molar-refractivity contribution < 1.29 is 19.3 Å². The third kappa shape index (κ3) is 2.58. The van der Waals surface area contributed by atoms with Crippen LogP contribution in [0.25, 0.3) is 0 Å². The van der Waals surface area contributed by atoms with Crippen LogP contribution in [0.1, 0.15) is 19.6 Å². The first-order chi connectivity index (χ1) is 12.1. The number of nitrogens with zero attached hydrogens (tertiary/aromatic N) is 2. The topological polar surface area (TPSA) is 94.8 Å². The monoisotopic (exact) mass is 345 g/mol. The Morgan fingerprint density at radius 2 is 2.16 bits per heavy atom. The minimum atomic E-state index is -0.817. The van der Waals surface area contributed by atoms with Gasteiger partial charge < -0.3 is 24.6 Å². The lowest BCUT2D eigenvalue weighted by Gasteiger charge is -2.24. The van der Waals surface area contributed by atoms with E-state index < -0.39 is 30.2 Å². The van der Waals surface area contributed by atoms with Crippen LogP contribution in [-0.2, 0) is 9.47 Å². The second-order valence-electron chi connectivity index (χ2n) is 6.03. The van der Waals surface area contributed by atoms with E-state index in [-0.39, 0.29) is 0 Å². The van der Waals surface area contributed by atoms with Gasteiger partial charge in [0.25, 0.3) is 0 Å². The molecule has 132 valence electrons. The largest absolute Gasteiger partial charge is 0.450 e. The second kappa shape index (κ2) is 6.14. The maximum Gasteiger partial charge on any atom is 0.351 e. The first-order valence-electron chi connectivity index (χ1n) is 8.15. The number of hydrogen-bond donors (Lipinski definition) is 2. The van der Waals surface area contributed by atoms with Crippen LogP contribution in [-0.4, -0.2) is 40.1 Å². The van der Waals surface area contributed by atoms with Crippen LogP contribution in [0.2, 0.25) is 0 Å². The zero-order valence-corrected chi connectivity index (χ0v) is 13.9. The smallest absolute Gasteiger partial charge is 0.351 e. The molecular formula is C17H19N3O5. The van der Waals surface area contributed by atoms with Gasteiger partial charge in [0.2, 0.25) is 0 Å². The number of benzene rings is 1. The zero-order valence-electron chi connectivity index (χ0n) is 13.9. The minimum absolute atomic E-state index is 0.347. The van der Waals surface area contributed by atoms with E-state index in [0.717, 1.165) is 5.69 Å². The fourth-order valence-corrected chi connectivity index (χ4v) is 3.24. The van der Waals surface area contributed by atoms with Crippen LogP contribution >= 0.6 is 0 Å². The van der Waals surface area contributed by atoms with Gasteiger partial charge in [0.15, 0.2) is 23.5 Å². The maximum atomic E-state index is 12.5. The zero-order chi connectivity index (χ0) is 17.6. The predicted molar refractivity (Wildman–Crippen MR) is 89.3 cm³/mol. The second-order valence-corrected chi connectivity index (χ2v) is 6.03. The first kappa shape index (κ1) is 16.1. The van der Waals surface area contributed by atoms with E-state index >= 15 is 0 Å². The molecular weight excluding hydrogens is 326 g/mol. The molecule has 2 aromatic rings.